The maximum absolute atomic E-state index is 10.5. The van der Waals surface area contributed by atoms with E-state index in [0.29, 0.717) is 46.5 Å². The lowest BCUT2D eigenvalue weighted by molar-refractivity contribution is -0.137. The first-order valence-corrected chi connectivity index (χ1v) is 26.3. The van der Waals surface area contributed by atoms with Gasteiger partial charge in [0.05, 0.1) is 38.6 Å². The zero-order valence-electron chi connectivity index (χ0n) is 39.9. The molecule has 1 aromatic carbocycles. The highest BCUT2D eigenvalue weighted by atomic mass is 28.4. The number of ether oxygens (including phenoxy) is 4. The van der Waals surface area contributed by atoms with Gasteiger partial charge in [-0.15, -0.1) is 0 Å². The SMILES string of the molecule is COCO[C@H]([C@@H](C)[C@H](O[Si](C(C)C)(C(C)C)C(C)C)[C@@H](C)C/C(C)=C\[C@H](C)[C@@H](O[Si](C(C)C)(C(C)C)C(C)C)[C@@H](C)CO)[C@@H](C)COCc1ccc(OC)cc1. The summed E-state index contributed by atoms with van der Waals surface area (Å²) in [6.45, 7) is 43.3. The van der Waals surface area contributed by atoms with Gasteiger partial charge in [0, 0.05) is 31.5 Å². The third-order valence-corrected chi connectivity index (χ3v) is 25.2. The van der Waals surface area contributed by atoms with Gasteiger partial charge in [-0.25, -0.2) is 0 Å². The maximum atomic E-state index is 10.5. The van der Waals surface area contributed by atoms with Gasteiger partial charge in [0.15, 0.2) is 0 Å². The minimum atomic E-state index is -2.28. The monoisotopic (exact) mass is 823 g/mol. The van der Waals surface area contributed by atoms with E-state index in [9.17, 15) is 5.11 Å². The number of rotatable bonds is 28. The molecule has 0 aliphatic heterocycles. The minimum Gasteiger partial charge on any atom is -0.497 e. The molecule has 0 fully saturated rings. The molecular formula is C47H90O7Si2. The van der Waals surface area contributed by atoms with Gasteiger partial charge in [0.2, 0.25) is 16.6 Å². The topological polar surface area (TPSA) is 75.6 Å². The summed E-state index contributed by atoms with van der Waals surface area (Å²) >= 11 is 0. The summed E-state index contributed by atoms with van der Waals surface area (Å²) < 4.78 is 39.0. The van der Waals surface area contributed by atoms with E-state index in [0.717, 1.165) is 17.7 Å². The van der Waals surface area contributed by atoms with Crippen molar-refractivity contribution in [3.05, 3.63) is 41.5 Å². The first-order valence-electron chi connectivity index (χ1n) is 22.0. The lowest BCUT2D eigenvalue weighted by Gasteiger charge is -2.48. The van der Waals surface area contributed by atoms with Crippen LogP contribution in [-0.2, 0) is 29.7 Å². The maximum Gasteiger partial charge on any atom is 0.200 e. The zero-order chi connectivity index (χ0) is 43.1. The fourth-order valence-electron chi connectivity index (χ4n) is 10.5. The summed E-state index contributed by atoms with van der Waals surface area (Å²) in [6, 6.07) is 8.05. The minimum absolute atomic E-state index is 0.0348. The predicted octanol–water partition coefficient (Wildman–Crippen LogP) is 12.8. The molecule has 7 nitrogen and oxygen atoms in total. The van der Waals surface area contributed by atoms with Crippen LogP contribution < -0.4 is 4.74 Å². The first-order chi connectivity index (χ1) is 26.1. The molecule has 1 N–H and O–H groups in total. The second kappa shape index (κ2) is 24.9. The predicted molar refractivity (Wildman–Crippen MR) is 243 cm³/mol. The number of aliphatic hydroxyl groups excluding tert-OH is 1. The van der Waals surface area contributed by atoms with Crippen LogP contribution in [0.5, 0.6) is 5.75 Å². The van der Waals surface area contributed by atoms with Crippen molar-refractivity contribution in [1.82, 2.24) is 0 Å². The number of allylic oxidation sites excluding steroid dienone is 1. The van der Waals surface area contributed by atoms with Crippen molar-refractivity contribution in [3.63, 3.8) is 0 Å². The van der Waals surface area contributed by atoms with E-state index in [-0.39, 0.29) is 61.3 Å². The molecule has 56 heavy (non-hydrogen) atoms. The molecular weight excluding hydrogens is 733 g/mol. The smallest absolute Gasteiger partial charge is 0.200 e. The highest BCUT2D eigenvalue weighted by Crippen LogP contribution is 2.47. The Bertz CT molecular complexity index is 1190. The molecule has 0 aliphatic carbocycles. The summed E-state index contributed by atoms with van der Waals surface area (Å²) in [4.78, 5) is 0. The normalized spacial score (nSPS) is 17.9. The molecule has 0 aromatic heterocycles. The largest absolute Gasteiger partial charge is 0.497 e. The van der Waals surface area contributed by atoms with Crippen molar-refractivity contribution >= 4 is 16.6 Å². The Morgan fingerprint density at radius 2 is 1.09 bits per heavy atom. The third-order valence-electron chi connectivity index (χ3n) is 13.0. The van der Waals surface area contributed by atoms with E-state index in [1.165, 1.54) is 5.57 Å². The summed E-state index contributed by atoms with van der Waals surface area (Å²) in [7, 11) is -1.07. The quantitative estimate of drug-likeness (QED) is 0.0512. The molecule has 0 bridgehead atoms. The molecule has 9 heteroatoms. The van der Waals surface area contributed by atoms with Crippen molar-refractivity contribution in [2.75, 3.05) is 34.2 Å². The van der Waals surface area contributed by atoms with Gasteiger partial charge in [0.1, 0.15) is 12.5 Å². The fraction of sp³-hybridized carbons (Fsp3) is 0.830. The van der Waals surface area contributed by atoms with E-state index in [1.54, 1.807) is 14.2 Å². The highest BCUT2D eigenvalue weighted by molar-refractivity contribution is 6.78. The lowest BCUT2D eigenvalue weighted by Crippen LogP contribution is -2.54. The standard InChI is InChI=1S/C47H90O7Si2/c1-31(2)55(32(3)4,33(5)6)53-45(40(16)27-48)38(14)25-37(13)26-39(15)47(54-56(34(7)8,35(9)10)36(11)12)42(18)46(52-30-49-19)41(17)28-51-29-43-21-23-44(50-20)24-22-43/h21-25,31-36,38-42,45-48H,26-30H2,1-20H3/b37-25-/t38-,39-,40-,41-,42+,45+,46-,47+/m0/s1. The Balaban J connectivity index is 3.61. The van der Waals surface area contributed by atoms with Gasteiger partial charge in [-0.2, -0.15) is 0 Å². The van der Waals surface area contributed by atoms with Gasteiger partial charge in [-0.1, -0.05) is 141 Å². The molecule has 0 heterocycles. The van der Waals surface area contributed by atoms with Gasteiger partial charge in [0.25, 0.3) is 0 Å². The van der Waals surface area contributed by atoms with Crippen LogP contribution in [0.3, 0.4) is 0 Å². The average molecular weight is 823 g/mol. The van der Waals surface area contributed by atoms with Crippen LogP contribution >= 0.6 is 0 Å². The van der Waals surface area contributed by atoms with Crippen molar-refractivity contribution in [2.45, 2.75) is 189 Å². The molecule has 0 spiro atoms. The second-order valence-corrected chi connectivity index (χ2v) is 30.1. The zero-order valence-corrected chi connectivity index (χ0v) is 41.9. The van der Waals surface area contributed by atoms with Crippen LogP contribution in [0.25, 0.3) is 0 Å². The lowest BCUT2D eigenvalue weighted by atomic mass is 9.81. The summed E-state index contributed by atoms with van der Waals surface area (Å²) in [5, 5.41) is 10.5. The van der Waals surface area contributed by atoms with Crippen LogP contribution in [0.4, 0.5) is 0 Å². The van der Waals surface area contributed by atoms with Gasteiger partial charge in [-0.05, 0) is 76.1 Å². The van der Waals surface area contributed by atoms with Crippen LogP contribution in [0.15, 0.2) is 35.9 Å². The van der Waals surface area contributed by atoms with Gasteiger partial charge >= 0.3 is 0 Å². The van der Waals surface area contributed by atoms with Gasteiger partial charge in [-0.3, -0.25) is 0 Å². The molecule has 8 atom stereocenters. The van der Waals surface area contributed by atoms with Crippen LogP contribution in [0.2, 0.25) is 33.2 Å². The van der Waals surface area contributed by atoms with E-state index in [4.69, 9.17) is 27.8 Å². The Morgan fingerprint density at radius 3 is 1.50 bits per heavy atom. The molecule has 0 saturated heterocycles. The number of aliphatic hydroxyl groups is 1. The number of hydrogen-bond donors (Lipinski definition) is 1. The Labute approximate surface area is 348 Å². The Kier molecular flexibility index (Phi) is 23.6. The van der Waals surface area contributed by atoms with E-state index < -0.39 is 16.6 Å². The van der Waals surface area contributed by atoms with Crippen LogP contribution in [0.1, 0.15) is 137 Å². The molecule has 1 rings (SSSR count). The summed E-state index contributed by atoms with van der Waals surface area (Å²) in [5.74, 6) is 1.43. The molecule has 0 aliphatic rings. The van der Waals surface area contributed by atoms with Crippen LogP contribution in [0, 0.1) is 29.6 Å². The average Bonchev–Trinajstić information content (AvgIpc) is 3.11. The van der Waals surface area contributed by atoms with E-state index >= 15 is 0 Å². The number of benzene rings is 1. The molecule has 0 amide bonds. The van der Waals surface area contributed by atoms with E-state index in [2.05, 4.69) is 143 Å². The molecule has 0 saturated carbocycles. The molecule has 0 unspecified atom stereocenters. The summed E-state index contributed by atoms with van der Waals surface area (Å²) in [6.07, 6.45) is 3.11. The second-order valence-electron chi connectivity index (χ2n) is 19.3. The van der Waals surface area contributed by atoms with Crippen molar-refractivity contribution in [2.24, 2.45) is 29.6 Å². The highest BCUT2D eigenvalue weighted by Gasteiger charge is 2.50. The Hall–Kier alpha value is -1.05. The van der Waals surface area contributed by atoms with Crippen molar-refractivity contribution in [3.8, 4) is 5.75 Å². The van der Waals surface area contributed by atoms with E-state index in [1.807, 2.05) is 12.1 Å². The van der Waals surface area contributed by atoms with Crippen LogP contribution in [-0.4, -0.2) is 74.3 Å². The molecule has 1 aromatic rings. The third kappa shape index (κ3) is 14.0. The first kappa shape index (κ1) is 53.0. The van der Waals surface area contributed by atoms with Crippen molar-refractivity contribution in [1.29, 1.82) is 0 Å². The number of hydrogen-bond acceptors (Lipinski definition) is 7. The molecule has 328 valence electrons. The van der Waals surface area contributed by atoms with Gasteiger partial charge < -0.3 is 32.9 Å². The fourth-order valence-corrected chi connectivity index (χ4v) is 21.9. The Morgan fingerprint density at radius 1 is 0.625 bits per heavy atom. The van der Waals surface area contributed by atoms with Crippen molar-refractivity contribution < 1.29 is 32.9 Å². The summed E-state index contributed by atoms with van der Waals surface area (Å²) in [5.41, 5.74) is 5.24. The number of methoxy groups -OCH3 is 2. The molecule has 0 radical (unpaired) electrons.